The summed E-state index contributed by atoms with van der Waals surface area (Å²) in [6, 6.07) is 0. The smallest absolute Gasteiger partial charge is 0.306 e. The number of ether oxygens (including phenoxy) is 3. The first-order valence-electron chi connectivity index (χ1n) is 25.7. The summed E-state index contributed by atoms with van der Waals surface area (Å²) in [5.74, 6) is 0.808. The van der Waals surface area contributed by atoms with Crippen molar-refractivity contribution in [2.24, 2.45) is 11.8 Å². The zero-order chi connectivity index (χ0) is 42.6. The van der Waals surface area contributed by atoms with E-state index >= 15 is 0 Å². The van der Waals surface area contributed by atoms with Crippen molar-refractivity contribution >= 4 is 17.9 Å². The van der Waals surface area contributed by atoms with Crippen molar-refractivity contribution in [2.75, 3.05) is 13.2 Å². The summed E-state index contributed by atoms with van der Waals surface area (Å²) >= 11 is 0. The lowest BCUT2D eigenvalue weighted by Crippen LogP contribution is -2.30. The standard InChI is InChI=1S/C52H100O6/c1-6-7-8-9-25-32-37-42-50(53)56-45-49(58-52(55)44-39-34-29-24-20-22-27-31-36-41-48(4)5)46-57-51(54)43-38-33-28-23-19-17-15-13-11-10-12-14-16-18-21-26-30-35-40-47(2)3/h47-49H,6-46H2,1-5H3/t49-/m0/s1. The fraction of sp³-hybridized carbons (Fsp3) is 0.942. The largest absolute Gasteiger partial charge is 0.462 e. The molecular weight excluding hydrogens is 721 g/mol. The van der Waals surface area contributed by atoms with E-state index in [-0.39, 0.29) is 31.1 Å². The Morgan fingerprint density at radius 2 is 0.569 bits per heavy atom. The predicted octanol–water partition coefficient (Wildman–Crippen LogP) is 16.5. The summed E-state index contributed by atoms with van der Waals surface area (Å²) in [6.45, 7) is 11.3. The highest BCUT2D eigenvalue weighted by Crippen LogP contribution is 2.17. The zero-order valence-electron chi connectivity index (χ0n) is 39.7. The number of esters is 3. The molecule has 0 spiro atoms. The Bertz CT molecular complexity index is 885. The summed E-state index contributed by atoms with van der Waals surface area (Å²) < 4.78 is 16.7. The second kappa shape index (κ2) is 44.9. The van der Waals surface area contributed by atoms with Gasteiger partial charge in [0.05, 0.1) is 0 Å². The topological polar surface area (TPSA) is 78.9 Å². The van der Waals surface area contributed by atoms with Crippen molar-refractivity contribution in [1.29, 1.82) is 0 Å². The maximum atomic E-state index is 12.7. The highest BCUT2D eigenvalue weighted by Gasteiger charge is 2.19. The van der Waals surface area contributed by atoms with E-state index in [1.165, 1.54) is 173 Å². The molecule has 0 saturated heterocycles. The molecule has 0 aromatic carbocycles. The number of hydrogen-bond donors (Lipinski definition) is 0. The predicted molar refractivity (Wildman–Crippen MR) is 247 cm³/mol. The Hall–Kier alpha value is -1.59. The maximum Gasteiger partial charge on any atom is 0.306 e. The quantitative estimate of drug-likeness (QED) is 0.0346. The van der Waals surface area contributed by atoms with Crippen molar-refractivity contribution < 1.29 is 28.6 Å². The third-order valence-corrected chi connectivity index (χ3v) is 11.7. The molecule has 0 saturated carbocycles. The number of hydrogen-bond acceptors (Lipinski definition) is 6. The minimum Gasteiger partial charge on any atom is -0.462 e. The van der Waals surface area contributed by atoms with Gasteiger partial charge in [-0.05, 0) is 31.1 Å². The minimum atomic E-state index is -0.760. The first-order valence-corrected chi connectivity index (χ1v) is 25.7. The van der Waals surface area contributed by atoms with Crippen molar-refractivity contribution in [1.82, 2.24) is 0 Å². The lowest BCUT2D eigenvalue weighted by Gasteiger charge is -2.18. The molecule has 0 aliphatic carbocycles. The van der Waals surface area contributed by atoms with Crippen LogP contribution in [0.15, 0.2) is 0 Å². The minimum absolute atomic E-state index is 0.0644. The molecule has 58 heavy (non-hydrogen) atoms. The normalized spacial score (nSPS) is 12.1. The van der Waals surface area contributed by atoms with Crippen LogP contribution in [-0.2, 0) is 28.6 Å². The van der Waals surface area contributed by atoms with Gasteiger partial charge in [0.15, 0.2) is 6.10 Å². The van der Waals surface area contributed by atoms with Gasteiger partial charge >= 0.3 is 17.9 Å². The summed E-state index contributed by atoms with van der Waals surface area (Å²) in [7, 11) is 0. The number of unbranched alkanes of at least 4 members (excludes halogenated alkanes) is 31. The van der Waals surface area contributed by atoms with Crippen LogP contribution in [0.1, 0.15) is 285 Å². The van der Waals surface area contributed by atoms with Crippen molar-refractivity contribution in [2.45, 2.75) is 291 Å². The number of carbonyl (C=O) groups is 3. The van der Waals surface area contributed by atoms with E-state index in [4.69, 9.17) is 14.2 Å². The third-order valence-electron chi connectivity index (χ3n) is 11.7. The van der Waals surface area contributed by atoms with Crippen LogP contribution in [0.2, 0.25) is 0 Å². The molecule has 0 N–H and O–H groups in total. The monoisotopic (exact) mass is 821 g/mol. The zero-order valence-corrected chi connectivity index (χ0v) is 39.7. The molecule has 1 atom stereocenters. The molecule has 0 fully saturated rings. The van der Waals surface area contributed by atoms with Crippen molar-refractivity contribution in [3.8, 4) is 0 Å². The highest BCUT2D eigenvalue weighted by molar-refractivity contribution is 5.71. The Balaban J connectivity index is 4.12. The maximum absolute atomic E-state index is 12.7. The van der Waals surface area contributed by atoms with Crippen LogP contribution in [0.4, 0.5) is 0 Å². The molecule has 0 aliphatic heterocycles. The van der Waals surface area contributed by atoms with Crippen LogP contribution in [0.25, 0.3) is 0 Å². The van der Waals surface area contributed by atoms with Gasteiger partial charge in [0, 0.05) is 19.3 Å². The molecule has 0 aliphatic rings. The Morgan fingerprint density at radius 1 is 0.328 bits per heavy atom. The average Bonchev–Trinajstić information content (AvgIpc) is 3.19. The lowest BCUT2D eigenvalue weighted by atomic mass is 10.0. The molecule has 0 rings (SSSR count). The first kappa shape index (κ1) is 56.4. The van der Waals surface area contributed by atoms with Gasteiger partial charge in [0.25, 0.3) is 0 Å². The SMILES string of the molecule is CCCCCCCCCC(=O)OC[C@@H](COC(=O)CCCCCCCCCCCCCCCCCCCCC(C)C)OC(=O)CCCCCCCCCCCC(C)C. The molecule has 0 aromatic heterocycles. The highest BCUT2D eigenvalue weighted by atomic mass is 16.6. The van der Waals surface area contributed by atoms with Crippen molar-refractivity contribution in [3.63, 3.8) is 0 Å². The fourth-order valence-corrected chi connectivity index (χ4v) is 7.81. The molecule has 344 valence electrons. The first-order chi connectivity index (χ1) is 28.2. The van der Waals surface area contributed by atoms with E-state index in [2.05, 4.69) is 34.6 Å². The molecular formula is C52H100O6. The molecule has 0 radical (unpaired) electrons. The van der Waals surface area contributed by atoms with E-state index in [1.807, 2.05) is 0 Å². The van der Waals surface area contributed by atoms with Crippen LogP contribution in [0.3, 0.4) is 0 Å². The molecule has 0 unspecified atom stereocenters. The van der Waals surface area contributed by atoms with E-state index in [1.54, 1.807) is 0 Å². The summed E-state index contributed by atoms with van der Waals surface area (Å²) in [5, 5.41) is 0. The van der Waals surface area contributed by atoms with E-state index in [0.29, 0.717) is 19.3 Å². The van der Waals surface area contributed by atoms with Gasteiger partial charge in [-0.25, -0.2) is 0 Å². The van der Waals surface area contributed by atoms with Gasteiger partial charge < -0.3 is 14.2 Å². The number of rotatable bonds is 46. The van der Waals surface area contributed by atoms with Crippen LogP contribution < -0.4 is 0 Å². The van der Waals surface area contributed by atoms with Crippen molar-refractivity contribution in [3.05, 3.63) is 0 Å². The molecule has 0 heterocycles. The van der Waals surface area contributed by atoms with Gasteiger partial charge in [0.1, 0.15) is 13.2 Å². The molecule has 0 bridgehead atoms. The molecule has 6 nitrogen and oxygen atoms in total. The average molecular weight is 821 g/mol. The van der Waals surface area contributed by atoms with Crippen LogP contribution in [0, 0.1) is 11.8 Å². The lowest BCUT2D eigenvalue weighted by molar-refractivity contribution is -0.167. The van der Waals surface area contributed by atoms with E-state index in [0.717, 1.165) is 69.6 Å². The molecule has 0 aromatic rings. The molecule has 6 heteroatoms. The third kappa shape index (κ3) is 45.5. The summed E-state index contributed by atoms with van der Waals surface area (Å²) in [5.41, 5.74) is 0. The van der Waals surface area contributed by atoms with Gasteiger partial charge in [0.2, 0.25) is 0 Å². The summed E-state index contributed by atoms with van der Waals surface area (Å²) in [6.07, 6.45) is 45.4. The number of carbonyl (C=O) groups excluding carboxylic acids is 3. The van der Waals surface area contributed by atoms with Gasteiger partial charge in [-0.1, -0.05) is 247 Å². The van der Waals surface area contributed by atoms with E-state index in [9.17, 15) is 14.4 Å². The second-order valence-electron chi connectivity index (χ2n) is 18.8. The van der Waals surface area contributed by atoms with Gasteiger partial charge in [-0.3, -0.25) is 14.4 Å². The second-order valence-corrected chi connectivity index (χ2v) is 18.8. The fourth-order valence-electron chi connectivity index (χ4n) is 7.81. The summed E-state index contributed by atoms with van der Waals surface area (Å²) in [4.78, 5) is 37.7. The van der Waals surface area contributed by atoms with Gasteiger partial charge in [-0.15, -0.1) is 0 Å². The van der Waals surface area contributed by atoms with Gasteiger partial charge in [-0.2, -0.15) is 0 Å². The Kier molecular flexibility index (Phi) is 43.7. The van der Waals surface area contributed by atoms with Crippen LogP contribution in [0.5, 0.6) is 0 Å². The Morgan fingerprint density at radius 3 is 0.845 bits per heavy atom. The van der Waals surface area contributed by atoms with E-state index < -0.39 is 6.10 Å². The Labute approximate surface area is 361 Å². The van der Waals surface area contributed by atoms with Crippen LogP contribution in [-0.4, -0.2) is 37.2 Å². The van der Waals surface area contributed by atoms with Crippen LogP contribution >= 0.6 is 0 Å². The molecule has 0 amide bonds.